The Kier molecular flexibility index (Phi) is 6.85. The van der Waals surface area contributed by atoms with Gasteiger partial charge in [-0.25, -0.2) is 9.65 Å². The number of fused-ring (bicyclic) bond motifs is 1. The molecule has 4 rings (SSSR count). The Morgan fingerprint density at radius 1 is 1.12 bits per heavy atom. The molecule has 8 nitrogen and oxygen atoms in total. The van der Waals surface area contributed by atoms with E-state index in [0.717, 1.165) is 24.1 Å². The van der Waals surface area contributed by atoms with Crippen molar-refractivity contribution in [2.24, 2.45) is 0 Å². The summed E-state index contributed by atoms with van der Waals surface area (Å²) in [5.74, 6) is 0.226. The molecule has 0 aliphatic heterocycles. The number of H-pyrrole nitrogens is 1. The smallest absolute Gasteiger partial charge is 0.413 e. The van der Waals surface area contributed by atoms with Gasteiger partial charge in [-0.2, -0.15) is 0 Å². The number of allylic oxidation sites excluding steroid dienone is 1. The average molecular weight is 453 g/mol. The first-order chi connectivity index (χ1) is 15.5. The standard InChI is InChI=1S/C23H24N3O5P/c27-26(28)20-10-12-21(13-11-20)31-32(29,30-17-18-6-2-1-3-7-18)25-15-14-19-16-24-23-9-5-4-8-22(19)23/h1-3,5-7,9-13,16,24H,4,8,14-15,17H2,(H,25,29). The lowest BCUT2D eigenvalue weighted by Crippen LogP contribution is -2.20. The molecule has 0 fully saturated rings. The van der Waals surface area contributed by atoms with Crippen LogP contribution in [0.3, 0.4) is 0 Å². The van der Waals surface area contributed by atoms with Crippen LogP contribution in [0.5, 0.6) is 5.75 Å². The maximum absolute atomic E-state index is 13.5. The van der Waals surface area contributed by atoms with E-state index >= 15 is 0 Å². The fourth-order valence-corrected chi connectivity index (χ4v) is 4.85. The SMILES string of the molecule is O=[N+]([O-])c1ccc(OP(=O)(NCCc2c[nH]c3c2CCC=C3)OCc2ccccc2)cc1. The maximum Gasteiger partial charge on any atom is 0.459 e. The molecular weight excluding hydrogens is 429 g/mol. The van der Waals surface area contributed by atoms with E-state index in [2.05, 4.69) is 22.2 Å². The van der Waals surface area contributed by atoms with Crippen LogP contribution in [0.25, 0.3) is 6.08 Å². The molecule has 1 unspecified atom stereocenters. The van der Waals surface area contributed by atoms with Gasteiger partial charge in [-0.1, -0.05) is 36.4 Å². The Morgan fingerprint density at radius 3 is 2.66 bits per heavy atom. The van der Waals surface area contributed by atoms with E-state index in [4.69, 9.17) is 9.05 Å². The minimum absolute atomic E-state index is 0.0726. The van der Waals surface area contributed by atoms with Gasteiger partial charge in [0, 0.05) is 30.6 Å². The number of nitrogens with one attached hydrogen (secondary N) is 2. The number of benzene rings is 2. The summed E-state index contributed by atoms with van der Waals surface area (Å²) in [7, 11) is -3.74. The van der Waals surface area contributed by atoms with E-state index in [9.17, 15) is 14.7 Å². The predicted molar refractivity (Wildman–Crippen MR) is 122 cm³/mol. The molecule has 0 bridgehead atoms. The van der Waals surface area contributed by atoms with Crippen molar-refractivity contribution in [3.8, 4) is 5.75 Å². The van der Waals surface area contributed by atoms with Crippen molar-refractivity contribution in [3.63, 3.8) is 0 Å². The number of hydrogen-bond donors (Lipinski definition) is 2. The first-order valence-corrected chi connectivity index (χ1v) is 11.9. The first kappa shape index (κ1) is 22.0. The molecule has 1 aliphatic carbocycles. The highest BCUT2D eigenvalue weighted by atomic mass is 31.2. The molecule has 2 aromatic carbocycles. The van der Waals surface area contributed by atoms with Crippen LogP contribution in [-0.4, -0.2) is 16.5 Å². The molecule has 1 heterocycles. The Hall–Kier alpha value is -3.19. The number of non-ortho nitro benzene ring substituents is 1. The highest BCUT2D eigenvalue weighted by Crippen LogP contribution is 2.45. The lowest BCUT2D eigenvalue weighted by molar-refractivity contribution is -0.384. The molecule has 0 amide bonds. The maximum atomic E-state index is 13.5. The Labute approximate surface area is 186 Å². The van der Waals surface area contributed by atoms with Gasteiger partial charge in [0.05, 0.1) is 11.5 Å². The Balaban J connectivity index is 1.44. The van der Waals surface area contributed by atoms with Crippen molar-refractivity contribution in [1.29, 1.82) is 0 Å². The van der Waals surface area contributed by atoms with Crippen molar-refractivity contribution >= 4 is 19.5 Å². The van der Waals surface area contributed by atoms with Crippen LogP contribution in [0.15, 0.2) is 66.9 Å². The summed E-state index contributed by atoms with van der Waals surface area (Å²) in [4.78, 5) is 13.7. The van der Waals surface area contributed by atoms with Gasteiger partial charge in [-0.3, -0.25) is 14.6 Å². The molecule has 1 aliphatic rings. The van der Waals surface area contributed by atoms with E-state index in [0.29, 0.717) is 13.0 Å². The van der Waals surface area contributed by atoms with E-state index < -0.39 is 12.7 Å². The number of hydrogen-bond acceptors (Lipinski definition) is 5. The van der Waals surface area contributed by atoms with E-state index in [-0.39, 0.29) is 18.0 Å². The van der Waals surface area contributed by atoms with Crippen molar-refractivity contribution in [1.82, 2.24) is 10.1 Å². The zero-order valence-corrected chi connectivity index (χ0v) is 18.3. The largest absolute Gasteiger partial charge is 0.459 e. The van der Waals surface area contributed by atoms with Crippen molar-refractivity contribution in [2.45, 2.75) is 25.9 Å². The molecular formula is C23H24N3O5P. The van der Waals surface area contributed by atoms with Crippen molar-refractivity contribution in [2.75, 3.05) is 6.54 Å². The van der Waals surface area contributed by atoms with E-state index in [1.54, 1.807) is 0 Å². The summed E-state index contributed by atoms with van der Waals surface area (Å²) in [6.45, 7) is 0.482. The molecule has 166 valence electrons. The third kappa shape index (κ3) is 5.53. The van der Waals surface area contributed by atoms with Crippen LogP contribution in [0.1, 0.15) is 28.8 Å². The van der Waals surface area contributed by atoms with Crippen molar-refractivity contribution < 1.29 is 18.5 Å². The number of aromatic amines is 1. The van der Waals surface area contributed by atoms with Gasteiger partial charge in [0.2, 0.25) is 0 Å². The van der Waals surface area contributed by atoms with Crippen LogP contribution in [-0.2, 0) is 28.5 Å². The monoisotopic (exact) mass is 453 g/mol. The normalized spacial score (nSPS) is 14.5. The highest BCUT2D eigenvalue weighted by molar-refractivity contribution is 7.52. The Morgan fingerprint density at radius 2 is 1.91 bits per heavy atom. The molecule has 0 saturated carbocycles. The fraction of sp³-hybridized carbons (Fsp3) is 0.217. The topological polar surface area (TPSA) is 106 Å². The second-order valence-electron chi connectivity index (χ2n) is 7.40. The molecule has 9 heteroatoms. The number of nitro benzene ring substituents is 1. The van der Waals surface area contributed by atoms with Gasteiger partial charge in [0.15, 0.2) is 0 Å². The van der Waals surface area contributed by atoms with Crippen LogP contribution in [0.4, 0.5) is 5.69 Å². The molecule has 32 heavy (non-hydrogen) atoms. The average Bonchev–Trinajstić information content (AvgIpc) is 3.22. The number of nitro groups is 1. The molecule has 0 spiro atoms. The van der Waals surface area contributed by atoms with Crippen LogP contribution in [0, 0.1) is 10.1 Å². The highest BCUT2D eigenvalue weighted by Gasteiger charge is 2.27. The second-order valence-corrected chi connectivity index (χ2v) is 9.16. The predicted octanol–water partition coefficient (Wildman–Crippen LogP) is 5.42. The van der Waals surface area contributed by atoms with Crippen LogP contribution >= 0.6 is 7.75 Å². The zero-order valence-electron chi connectivity index (χ0n) is 17.4. The minimum Gasteiger partial charge on any atom is -0.413 e. The van der Waals surface area contributed by atoms with Gasteiger partial charge in [0.25, 0.3) is 5.69 Å². The quantitative estimate of drug-likeness (QED) is 0.241. The molecule has 0 saturated heterocycles. The summed E-state index contributed by atoms with van der Waals surface area (Å²) in [6, 6.07) is 14.8. The van der Waals surface area contributed by atoms with Crippen LogP contribution in [0.2, 0.25) is 0 Å². The van der Waals surface area contributed by atoms with Gasteiger partial charge in [-0.05, 0) is 54.2 Å². The summed E-state index contributed by atoms with van der Waals surface area (Å²) >= 11 is 0. The molecule has 3 aromatic rings. The Bertz CT molecular complexity index is 1140. The third-order valence-corrected chi connectivity index (χ3v) is 6.71. The molecule has 0 radical (unpaired) electrons. The summed E-state index contributed by atoms with van der Waals surface area (Å²) in [5, 5.41) is 13.8. The first-order valence-electron chi connectivity index (χ1n) is 10.4. The van der Waals surface area contributed by atoms with Gasteiger partial charge < -0.3 is 9.51 Å². The summed E-state index contributed by atoms with van der Waals surface area (Å²) in [6.07, 6.45) is 8.85. The summed E-state index contributed by atoms with van der Waals surface area (Å²) < 4.78 is 24.9. The van der Waals surface area contributed by atoms with Gasteiger partial charge >= 0.3 is 7.75 Å². The van der Waals surface area contributed by atoms with Crippen molar-refractivity contribution in [3.05, 3.63) is 99.4 Å². The van der Waals surface area contributed by atoms with E-state index in [1.807, 2.05) is 36.5 Å². The number of rotatable bonds is 10. The van der Waals surface area contributed by atoms with Crippen LogP contribution < -0.4 is 9.61 Å². The third-order valence-electron chi connectivity index (χ3n) is 5.18. The van der Waals surface area contributed by atoms with Gasteiger partial charge in [-0.15, -0.1) is 0 Å². The van der Waals surface area contributed by atoms with E-state index in [1.165, 1.54) is 35.4 Å². The summed E-state index contributed by atoms with van der Waals surface area (Å²) in [5.41, 5.74) is 4.36. The lowest BCUT2D eigenvalue weighted by Gasteiger charge is -2.20. The molecule has 2 N–H and O–H groups in total. The second kappa shape index (κ2) is 9.96. The fourth-order valence-electron chi connectivity index (χ4n) is 3.54. The lowest BCUT2D eigenvalue weighted by atomic mass is 9.99. The number of nitrogens with zero attached hydrogens (tertiary/aromatic N) is 1. The zero-order chi connectivity index (χ0) is 22.4. The molecule has 1 aromatic heterocycles. The molecule has 1 atom stereocenters. The minimum atomic E-state index is -3.74. The van der Waals surface area contributed by atoms with Gasteiger partial charge in [0.1, 0.15) is 5.75 Å². The number of aromatic nitrogens is 1.